The van der Waals surface area contributed by atoms with Crippen LogP contribution in [0, 0.1) is 5.82 Å². The van der Waals surface area contributed by atoms with Gasteiger partial charge >= 0.3 is 0 Å². The lowest BCUT2D eigenvalue weighted by atomic mass is 10.3. The first kappa shape index (κ1) is 13.1. The van der Waals surface area contributed by atoms with Crippen molar-refractivity contribution in [2.24, 2.45) is 0 Å². The first-order chi connectivity index (χ1) is 9.72. The smallest absolute Gasteiger partial charge is 0.275 e. The van der Waals surface area contributed by atoms with Gasteiger partial charge in [-0.15, -0.1) is 11.3 Å². The minimum atomic E-state index is -0.376. The van der Waals surface area contributed by atoms with Crippen molar-refractivity contribution in [3.05, 3.63) is 41.2 Å². The van der Waals surface area contributed by atoms with Crippen molar-refractivity contribution in [3.8, 4) is 0 Å². The molecular formula is C14H14FN3OS. The van der Waals surface area contributed by atoms with Gasteiger partial charge in [-0.3, -0.25) is 4.79 Å². The van der Waals surface area contributed by atoms with Crippen LogP contribution in [0.2, 0.25) is 0 Å². The van der Waals surface area contributed by atoms with Gasteiger partial charge in [0.1, 0.15) is 11.5 Å². The van der Waals surface area contributed by atoms with Gasteiger partial charge in [0.2, 0.25) is 0 Å². The van der Waals surface area contributed by atoms with Crippen molar-refractivity contribution in [2.45, 2.75) is 12.8 Å². The van der Waals surface area contributed by atoms with Gasteiger partial charge in [-0.25, -0.2) is 9.37 Å². The van der Waals surface area contributed by atoms with E-state index < -0.39 is 0 Å². The van der Waals surface area contributed by atoms with Gasteiger partial charge < -0.3 is 10.2 Å². The molecule has 0 spiro atoms. The zero-order chi connectivity index (χ0) is 13.9. The fraction of sp³-hybridized carbons (Fsp3) is 0.286. The van der Waals surface area contributed by atoms with Crippen molar-refractivity contribution in [3.63, 3.8) is 0 Å². The highest BCUT2D eigenvalue weighted by molar-refractivity contribution is 7.14. The number of benzene rings is 1. The van der Waals surface area contributed by atoms with E-state index in [2.05, 4.69) is 15.2 Å². The zero-order valence-electron chi connectivity index (χ0n) is 10.8. The molecule has 1 aliphatic heterocycles. The summed E-state index contributed by atoms with van der Waals surface area (Å²) in [6.07, 6.45) is 2.34. The highest BCUT2D eigenvalue weighted by Crippen LogP contribution is 2.24. The molecule has 0 radical (unpaired) electrons. The van der Waals surface area contributed by atoms with Crippen molar-refractivity contribution < 1.29 is 9.18 Å². The number of amides is 1. The molecule has 104 valence electrons. The Morgan fingerprint density at radius 1 is 1.35 bits per heavy atom. The standard InChI is InChI=1S/C14H14FN3OS/c15-10-4-3-5-11(8-10)16-13(19)12-9-20-14(17-12)18-6-1-2-7-18/h3-5,8-9H,1-2,6-7H2,(H,16,19). The Balaban J connectivity index is 1.71. The number of thiazole rings is 1. The number of halogens is 1. The largest absolute Gasteiger partial charge is 0.348 e. The summed E-state index contributed by atoms with van der Waals surface area (Å²) >= 11 is 1.47. The second-order valence-electron chi connectivity index (χ2n) is 4.67. The molecule has 0 saturated carbocycles. The van der Waals surface area contributed by atoms with Gasteiger partial charge in [0, 0.05) is 24.2 Å². The maximum Gasteiger partial charge on any atom is 0.275 e. The molecule has 1 aromatic heterocycles. The van der Waals surface area contributed by atoms with E-state index in [1.807, 2.05) is 0 Å². The molecule has 20 heavy (non-hydrogen) atoms. The van der Waals surface area contributed by atoms with Gasteiger partial charge in [0.15, 0.2) is 5.13 Å². The summed E-state index contributed by atoms with van der Waals surface area (Å²) in [5, 5.41) is 5.27. The van der Waals surface area contributed by atoms with Crippen LogP contribution in [0.4, 0.5) is 15.2 Å². The molecule has 2 heterocycles. The van der Waals surface area contributed by atoms with E-state index in [9.17, 15) is 9.18 Å². The number of nitrogens with one attached hydrogen (secondary N) is 1. The van der Waals surface area contributed by atoms with Crippen LogP contribution in [0.15, 0.2) is 29.6 Å². The Kier molecular flexibility index (Phi) is 3.64. The van der Waals surface area contributed by atoms with Gasteiger partial charge in [0.05, 0.1) is 0 Å². The molecule has 1 aromatic carbocycles. The number of hydrogen-bond acceptors (Lipinski definition) is 4. The summed E-state index contributed by atoms with van der Waals surface area (Å²) < 4.78 is 13.1. The predicted octanol–water partition coefficient (Wildman–Crippen LogP) is 3.13. The average Bonchev–Trinajstić information content (AvgIpc) is 3.10. The van der Waals surface area contributed by atoms with E-state index in [1.165, 1.54) is 36.3 Å². The number of aromatic nitrogens is 1. The van der Waals surface area contributed by atoms with Crippen LogP contribution in [0.25, 0.3) is 0 Å². The molecule has 0 unspecified atom stereocenters. The van der Waals surface area contributed by atoms with Crippen molar-refractivity contribution in [1.82, 2.24) is 4.98 Å². The number of carbonyl (C=O) groups is 1. The lowest BCUT2D eigenvalue weighted by Gasteiger charge is -2.12. The topological polar surface area (TPSA) is 45.2 Å². The third kappa shape index (κ3) is 2.80. The lowest BCUT2D eigenvalue weighted by Crippen LogP contribution is -2.18. The second kappa shape index (κ2) is 5.58. The molecule has 1 N–H and O–H groups in total. The molecule has 3 rings (SSSR count). The summed E-state index contributed by atoms with van der Waals surface area (Å²) in [5.41, 5.74) is 0.812. The van der Waals surface area contributed by atoms with Gasteiger partial charge in [0.25, 0.3) is 5.91 Å². The van der Waals surface area contributed by atoms with E-state index in [0.717, 1.165) is 18.2 Å². The minimum absolute atomic E-state index is 0.308. The Hall–Kier alpha value is -1.95. The number of carbonyl (C=O) groups excluding carboxylic acids is 1. The Bertz CT molecular complexity index is 622. The maximum absolute atomic E-state index is 13.1. The molecule has 4 nitrogen and oxygen atoms in total. The van der Waals surface area contributed by atoms with Crippen LogP contribution in [0.3, 0.4) is 0 Å². The van der Waals surface area contributed by atoms with Gasteiger partial charge in [-0.05, 0) is 31.0 Å². The minimum Gasteiger partial charge on any atom is -0.348 e. The van der Waals surface area contributed by atoms with Crippen LogP contribution in [0.1, 0.15) is 23.3 Å². The first-order valence-corrected chi connectivity index (χ1v) is 7.38. The van der Waals surface area contributed by atoms with Crippen LogP contribution in [0.5, 0.6) is 0 Å². The molecule has 0 atom stereocenters. The summed E-state index contributed by atoms with van der Waals surface area (Å²) in [4.78, 5) is 18.6. The zero-order valence-corrected chi connectivity index (χ0v) is 11.6. The number of rotatable bonds is 3. The van der Waals surface area contributed by atoms with Crippen molar-refractivity contribution >= 4 is 28.1 Å². The highest BCUT2D eigenvalue weighted by Gasteiger charge is 2.18. The molecule has 1 amide bonds. The predicted molar refractivity (Wildman–Crippen MR) is 77.9 cm³/mol. The molecular weight excluding hydrogens is 277 g/mol. The Labute approximate surface area is 120 Å². The Morgan fingerprint density at radius 2 is 2.15 bits per heavy atom. The highest BCUT2D eigenvalue weighted by atomic mass is 32.1. The van der Waals surface area contributed by atoms with E-state index >= 15 is 0 Å². The summed E-state index contributed by atoms with van der Waals surface area (Å²) in [6.45, 7) is 2.00. The molecule has 6 heteroatoms. The number of anilines is 2. The molecule has 1 aliphatic rings. The van der Waals surface area contributed by atoms with Crippen LogP contribution >= 0.6 is 11.3 Å². The van der Waals surface area contributed by atoms with Gasteiger partial charge in [-0.2, -0.15) is 0 Å². The SMILES string of the molecule is O=C(Nc1cccc(F)c1)c1csc(N2CCCC2)n1. The second-order valence-corrected chi connectivity index (χ2v) is 5.51. The normalized spacial score (nSPS) is 14.6. The van der Waals surface area contributed by atoms with E-state index in [4.69, 9.17) is 0 Å². The summed E-state index contributed by atoms with van der Waals surface area (Å²) in [5.74, 6) is -0.684. The molecule has 0 aliphatic carbocycles. The third-order valence-electron chi connectivity index (χ3n) is 3.18. The third-order valence-corrected chi connectivity index (χ3v) is 4.09. The Morgan fingerprint density at radius 3 is 2.90 bits per heavy atom. The summed E-state index contributed by atoms with van der Waals surface area (Å²) in [6, 6.07) is 5.83. The van der Waals surface area contributed by atoms with E-state index in [1.54, 1.807) is 17.5 Å². The molecule has 1 fully saturated rings. The number of hydrogen-bond donors (Lipinski definition) is 1. The van der Waals surface area contributed by atoms with Crippen LogP contribution in [-0.4, -0.2) is 24.0 Å². The average molecular weight is 291 g/mol. The van der Waals surface area contributed by atoms with E-state index in [-0.39, 0.29) is 11.7 Å². The fourth-order valence-electron chi connectivity index (χ4n) is 2.18. The number of nitrogens with zero attached hydrogens (tertiary/aromatic N) is 2. The first-order valence-electron chi connectivity index (χ1n) is 6.50. The van der Waals surface area contributed by atoms with Crippen LogP contribution < -0.4 is 10.2 Å². The van der Waals surface area contributed by atoms with Crippen LogP contribution in [-0.2, 0) is 0 Å². The molecule has 2 aromatic rings. The van der Waals surface area contributed by atoms with Crippen molar-refractivity contribution in [1.29, 1.82) is 0 Å². The fourth-order valence-corrected chi connectivity index (χ4v) is 3.04. The summed E-state index contributed by atoms with van der Waals surface area (Å²) in [7, 11) is 0. The monoisotopic (exact) mass is 291 g/mol. The molecule has 0 bridgehead atoms. The molecule has 1 saturated heterocycles. The maximum atomic E-state index is 13.1. The van der Waals surface area contributed by atoms with Crippen molar-refractivity contribution in [2.75, 3.05) is 23.3 Å². The quantitative estimate of drug-likeness (QED) is 0.945. The lowest BCUT2D eigenvalue weighted by molar-refractivity contribution is 0.102. The van der Waals surface area contributed by atoms with Gasteiger partial charge in [-0.1, -0.05) is 6.07 Å². The van der Waals surface area contributed by atoms with E-state index in [0.29, 0.717) is 11.4 Å².